The number of nitrogens with one attached hydrogen (secondary N) is 2. The summed E-state index contributed by atoms with van der Waals surface area (Å²) in [5, 5.41) is 7.09. The van der Waals surface area contributed by atoms with Gasteiger partial charge in [0.25, 0.3) is 0 Å². The lowest BCUT2D eigenvalue weighted by atomic mass is 10.0. The Morgan fingerprint density at radius 3 is 2.87 bits per heavy atom. The maximum absolute atomic E-state index is 3.59. The van der Waals surface area contributed by atoms with Gasteiger partial charge in [-0.15, -0.1) is 0 Å². The number of hydrogen-bond acceptors (Lipinski definition) is 2. The monoisotopic (exact) mass is 204 g/mol. The fourth-order valence-electron chi connectivity index (χ4n) is 2.15. The number of fused-ring (bicyclic) bond motifs is 1. The van der Waals surface area contributed by atoms with Crippen LogP contribution in [-0.2, 0) is 0 Å². The van der Waals surface area contributed by atoms with Gasteiger partial charge in [-0.2, -0.15) is 0 Å². The number of benzene rings is 1. The molecule has 2 nitrogen and oxygen atoms in total. The smallest absolute Gasteiger partial charge is 0.0579 e. The largest absolute Gasteiger partial charge is 0.381 e. The van der Waals surface area contributed by atoms with Crippen molar-refractivity contribution in [3.63, 3.8) is 0 Å². The van der Waals surface area contributed by atoms with Crippen molar-refractivity contribution in [1.29, 1.82) is 0 Å². The summed E-state index contributed by atoms with van der Waals surface area (Å²) in [4.78, 5) is 0. The van der Waals surface area contributed by atoms with Crippen molar-refractivity contribution in [2.75, 3.05) is 17.2 Å². The van der Waals surface area contributed by atoms with Crippen molar-refractivity contribution in [3.05, 3.63) is 23.8 Å². The number of anilines is 2. The minimum Gasteiger partial charge on any atom is -0.381 e. The highest BCUT2D eigenvalue weighted by molar-refractivity contribution is 5.72. The van der Waals surface area contributed by atoms with E-state index in [0.717, 1.165) is 12.5 Å². The maximum atomic E-state index is 3.59. The lowest BCUT2D eigenvalue weighted by Gasteiger charge is -2.29. The molecule has 0 bridgehead atoms. The predicted octanol–water partition coefficient (Wildman–Crippen LogP) is 3.25. The summed E-state index contributed by atoms with van der Waals surface area (Å²) in [7, 11) is 0. The molecule has 1 heterocycles. The maximum Gasteiger partial charge on any atom is 0.0579 e. The van der Waals surface area contributed by atoms with E-state index in [1.54, 1.807) is 0 Å². The molecule has 0 amide bonds. The summed E-state index contributed by atoms with van der Waals surface area (Å²) in [6.45, 7) is 7.70. The first-order valence-electron chi connectivity index (χ1n) is 5.76. The van der Waals surface area contributed by atoms with Crippen molar-refractivity contribution >= 4 is 11.4 Å². The van der Waals surface area contributed by atoms with E-state index in [9.17, 15) is 0 Å². The Labute approximate surface area is 92.1 Å². The molecule has 1 atom stereocenters. The molecule has 0 aromatic heterocycles. The van der Waals surface area contributed by atoms with Crippen LogP contribution in [-0.4, -0.2) is 12.6 Å². The summed E-state index contributed by atoms with van der Waals surface area (Å²) in [5.41, 5.74) is 3.80. The molecular formula is C13H20N2. The van der Waals surface area contributed by atoms with Gasteiger partial charge in [-0.25, -0.2) is 0 Å². The van der Waals surface area contributed by atoms with E-state index in [2.05, 4.69) is 49.6 Å². The van der Waals surface area contributed by atoms with Gasteiger partial charge in [0.1, 0.15) is 0 Å². The number of aryl methyl sites for hydroxylation is 1. The molecule has 0 saturated carbocycles. The van der Waals surface area contributed by atoms with Gasteiger partial charge in [0.2, 0.25) is 0 Å². The zero-order valence-electron chi connectivity index (χ0n) is 9.80. The van der Waals surface area contributed by atoms with Gasteiger partial charge >= 0.3 is 0 Å². The first kappa shape index (κ1) is 10.3. The van der Waals surface area contributed by atoms with Crippen molar-refractivity contribution in [1.82, 2.24) is 0 Å². The second-order valence-electron chi connectivity index (χ2n) is 4.90. The van der Waals surface area contributed by atoms with Gasteiger partial charge in [-0.05, 0) is 37.0 Å². The third-order valence-corrected chi connectivity index (χ3v) is 2.83. The Morgan fingerprint density at radius 2 is 2.13 bits per heavy atom. The first-order valence-corrected chi connectivity index (χ1v) is 5.76. The van der Waals surface area contributed by atoms with Crippen molar-refractivity contribution in [2.45, 2.75) is 33.2 Å². The van der Waals surface area contributed by atoms with Gasteiger partial charge in [0.15, 0.2) is 0 Å². The molecule has 2 heteroatoms. The number of hydrogen-bond donors (Lipinski definition) is 2. The first-order chi connectivity index (χ1) is 7.15. The molecule has 1 aliphatic rings. The SMILES string of the molecule is Cc1ccc2c(c1)NCC(CC(C)C)N2. The third-order valence-electron chi connectivity index (χ3n) is 2.83. The zero-order chi connectivity index (χ0) is 10.8. The molecule has 1 aromatic rings. The molecular weight excluding hydrogens is 184 g/mol. The topological polar surface area (TPSA) is 24.1 Å². The Hall–Kier alpha value is -1.18. The van der Waals surface area contributed by atoms with Crippen LogP contribution < -0.4 is 10.6 Å². The molecule has 15 heavy (non-hydrogen) atoms. The summed E-state index contributed by atoms with van der Waals surface area (Å²) in [6, 6.07) is 7.10. The molecule has 0 saturated heterocycles. The van der Waals surface area contributed by atoms with E-state index >= 15 is 0 Å². The molecule has 0 spiro atoms. The fourth-order valence-corrected chi connectivity index (χ4v) is 2.15. The van der Waals surface area contributed by atoms with Gasteiger partial charge < -0.3 is 10.6 Å². The van der Waals surface area contributed by atoms with Crippen molar-refractivity contribution in [3.8, 4) is 0 Å². The quantitative estimate of drug-likeness (QED) is 0.772. The summed E-state index contributed by atoms with van der Waals surface area (Å²) >= 11 is 0. The zero-order valence-corrected chi connectivity index (χ0v) is 9.80. The Morgan fingerprint density at radius 1 is 1.33 bits per heavy atom. The van der Waals surface area contributed by atoms with Crippen LogP contribution in [0, 0.1) is 12.8 Å². The van der Waals surface area contributed by atoms with E-state index < -0.39 is 0 Å². The highest BCUT2D eigenvalue weighted by atomic mass is 15.1. The normalized spacial score (nSPS) is 19.3. The van der Waals surface area contributed by atoms with Crippen LogP contribution in [0.1, 0.15) is 25.8 Å². The molecule has 82 valence electrons. The average molecular weight is 204 g/mol. The predicted molar refractivity (Wildman–Crippen MR) is 66.5 cm³/mol. The van der Waals surface area contributed by atoms with E-state index in [-0.39, 0.29) is 0 Å². The van der Waals surface area contributed by atoms with Crippen molar-refractivity contribution < 1.29 is 0 Å². The molecule has 0 radical (unpaired) electrons. The Kier molecular flexibility index (Phi) is 2.85. The van der Waals surface area contributed by atoms with E-state index in [4.69, 9.17) is 0 Å². The Balaban J connectivity index is 2.10. The summed E-state index contributed by atoms with van der Waals surface area (Å²) in [5.74, 6) is 0.747. The van der Waals surface area contributed by atoms with Crippen molar-refractivity contribution in [2.24, 2.45) is 5.92 Å². The highest BCUT2D eigenvalue weighted by Crippen LogP contribution is 2.28. The van der Waals surface area contributed by atoms with Gasteiger partial charge in [0.05, 0.1) is 11.4 Å². The van der Waals surface area contributed by atoms with Crippen LogP contribution in [0.2, 0.25) is 0 Å². The minimum atomic E-state index is 0.570. The molecule has 1 aromatic carbocycles. The van der Waals surface area contributed by atoms with Crippen LogP contribution in [0.3, 0.4) is 0 Å². The molecule has 1 unspecified atom stereocenters. The van der Waals surface area contributed by atoms with Gasteiger partial charge in [-0.1, -0.05) is 19.9 Å². The summed E-state index contributed by atoms with van der Waals surface area (Å²) < 4.78 is 0. The second-order valence-corrected chi connectivity index (χ2v) is 4.90. The van der Waals surface area contributed by atoms with Crippen LogP contribution in [0.4, 0.5) is 11.4 Å². The van der Waals surface area contributed by atoms with Crippen LogP contribution in [0.5, 0.6) is 0 Å². The molecule has 2 rings (SSSR count). The standard InChI is InChI=1S/C13H20N2/c1-9(2)6-11-8-14-13-7-10(3)4-5-12(13)15-11/h4-5,7,9,11,14-15H,6,8H2,1-3H3. The van der Waals surface area contributed by atoms with Gasteiger partial charge in [0, 0.05) is 12.6 Å². The minimum absolute atomic E-state index is 0.570. The number of rotatable bonds is 2. The molecule has 0 fully saturated rings. The molecule has 0 aliphatic carbocycles. The second kappa shape index (κ2) is 4.13. The van der Waals surface area contributed by atoms with E-state index in [1.807, 2.05) is 0 Å². The van der Waals surface area contributed by atoms with E-state index in [0.29, 0.717) is 6.04 Å². The van der Waals surface area contributed by atoms with Crippen LogP contribution in [0.15, 0.2) is 18.2 Å². The fraction of sp³-hybridized carbons (Fsp3) is 0.538. The van der Waals surface area contributed by atoms with Crippen LogP contribution in [0.25, 0.3) is 0 Å². The molecule has 1 aliphatic heterocycles. The highest BCUT2D eigenvalue weighted by Gasteiger charge is 2.17. The van der Waals surface area contributed by atoms with Crippen LogP contribution >= 0.6 is 0 Å². The van der Waals surface area contributed by atoms with E-state index in [1.165, 1.54) is 23.4 Å². The summed E-state index contributed by atoms with van der Waals surface area (Å²) in [6.07, 6.45) is 1.22. The lowest BCUT2D eigenvalue weighted by Crippen LogP contribution is -2.34. The van der Waals surface area contributed by atoms with Gasteiger partial charge in [-0.3, -0.25) is 0 Å². The Bertz CT molecular complexity index is 344. The third kappa shape index (κ3) is 2.44. The lowest BCUT2D eigenvalue weighted by molar-refractivity contribution is 0.525. The molecule has 2 N–H and O–H groups in total. The average Bonchev–Trinajstić information content (AvgIpc) is 2.17.